The zero-order valence-corrected chi connectivity index (χ0v) is 11.8. The fraction of sp³-hybridized carbons (Fsp3) is 0.294. The molecule has 0 aliphatic rings. The fourth-order valence-electron chi connectivity index (χ4n) is 1.96. The minimum absolute atomic E-state index is 0.264. The Kier molecular flexibility index (Phi) is 5.16. The molecule has 106 valence electrons. The van der Waals surface area contributed by atoms with Gasteiger partial charge in [0.2, 0.25) is 0 Å². The number of aliphatic hydroxyl groups excluding tert-OH is 1. The normalized spacial score (nSPS) is 13.8. The van der Waals surface area contributed by atoms with Crippen molar-refractivity contribution in [2.75, 3.05) is 7.11 Å². The van der Waals surface area contributed by atoms with E-state index < -0.39 is 6.10 Å². The minimum Gasteiger partial charge on any atom is -0.497 e. The first-order valence-electron chi connectivity index (χ1n) is 6.68. The van der Waals surface area contributed by atoms with E-state index in [2.05, 4.69) is 0 Å². The summed E-state index contributed by atoms with van der Waals surface area (Å²) in [5.41, 5.74) is 1.92. The first kappa shape index (κ1) is 14.6. The first-order chi connectivity index (χ1) is 9.70. The molecule has 2 aromatic rings. The summed E-state index contributed by atoms with van der Waals surface area (Å²) >= 11 is 0. The maximum Gasteiger partial charge on any atom is 0.118 e. The van der Waals surface area contributed by atoms with Crippen LogP contribution in [0.4, 0.5) is 0 Å². The molecule has 0 saturated carbocycles. The topological polar surface area (TPSA) is 38.7 Å². The van der Waals surface area contributed by atoms with Gasteiger partial charge in [-0.25, -0.2) is 0 Å². The standard InChI is InChI=1S/C17H20O3/c1-13(17(18)15-6-4-3-5-7-15)20-12-14-8-10-16(19-2)11-9-14/h3-11,13,17-18H,12H2,1-2H3/t13-,17+/m0/s1. The second-order valence-corrected chi connectivity index (χ2v) is 4.72. The van der Waals surface area contributed by atoms with Gasteiger partial charge in [-0.05, 0) is 30.2 Å². The van der Waals surface area contributed by atoms with E-state index in [0.717, 1.165) is 16.9 Å². The molecular weight excluding hydrogens is 252 g/mol. The van der Waals surface area contributed by atoms with E-state index in [1.807, 2.05) is 61.5 Å². The first-order valence-corrected chi connectivity index (χ1v) is 6.68. The summed E-state index contributed by atoms with van der Waals surface area (Å²) in [7, 11) is 1.64. The number of hydrogen-bond acceptors (Lipinski definition) is 3. The largest absolute Gasteiger partial charge is 0.497 e. The number of methoxy groups -OCH3 is 1. The molecule has 2 rings (SSSR count). The molecule has 3 heteroatoms. The van der Waals surface area contributed by atoms with Crippen LogP contribution in [-0.2, 0) is 11.3 Å². The molecule has 2 aromatic carbocycles. The van der Waals surface area contributed by atoms with Crippen LogP contribution in [0.1, 0.15) is 24.2 Å². The number of aliphatic hydroxyl groups is 1. The van der Waals surface area contributed by atoms with Crippen molar-refractivity contribution in [1.82, 2.24) is 0 Å². The highest BCUT2D eigenvalue weighted by Crippen LogP contribution is 2.20. The van der Waals surface area contributed by atoms with Crippen molar-refractivity contribution in [1.29, 1.82) is 0 Å². The van der Waals surface area contributed by atoms with E-state index in [1.165, 1.54) is 0 Å². The van der Waals surface area contributed by atoms with Gasteiger partial charge in [0.1, 0.15) is 11.9 Å². The maximum absolute atomic E-state index is 10.2. The van der Waals surface area contributed by atoms with Crippen LogP contribution in [-0.4, -0.2) is 18.3 Å². The third-order valence-electron chi connectivity index (χ3n) is 3.26. The Morgan fingerprint density at radius 2 is 1.65 bits per heavy atom. The van der Waals surface area contributed by atoms with Gasteiger partial charge in [-0.15, -0.1) is 0 Å². The van der Waals surface area contributed by atoms with E-state index in [1.54, 1.807) is 7.11 Å². The Morgan fingerprint density at radius 1 is 1.00 bits per heavy atom. The van der Waals surface area contributed by atoms with E-state index in [0.29, 0.717) is 6.61 Å². The van der Waals surface area contributed by atoms with Crippen molar-refractivity contribution in [2.45, 2.75) is 25.7 Å². The Balaban J connectivity index is 1.89. The molecule has 0 radical (unpaired) electrons. The van der Waals surface area contributed by atoms with Gasteiger partial charge in [0.15, 0.2) is 0 Å². The Morgan fingerprint density at radius 3 is 2.25 bits per heavy atom. The molecule has 0 bridgehead atoms. The van der Waals surface area contributed by atoms with Crippen LogP contribution < -0.4 is 4.74 Å². The summed E-state index contributed by atoms with van der Waals surface area (Å²) in [5, 5.41) is 10.2. The van der Waals surface area contributed by atoms with E-state index in [9.17, 15) is 5.11 Å². The third-order valence-corrected chi connectivity index (χ3v) is 3.26. The lowest BCUT2D eigenvalue weighted by atomic mass is 10.1. The van der Waals surface area contributed by atoms with E-state index in [4.69, 9.17) is 9.47 Å². The summed E-state index contributed by atoms with van der Waals surface area (Å²) < 4.78 is 10.8. The molecule has 0 aromatic heterocycles. The predicted molar refractivity (Wildman–Crippen MR) is 78.6 cm³/mol. The molecule has 0 aliphatic carbocycles. The highest BCUT2D eigenvalue weighted by Gasteiger charge is 2.16. The predicted octanol–water partition coefficient (Wildman–Crippen LogP) is 3.33. The second-order valence-electron chi connectivity index (χ2n) is 4.72. The second kappa shape index (κ2) is 7.08. The molecule has 0 heterocycles. The zero-order valence-electron chi connectivity index (χ0n) is 11.8. The van der Waals surface area contributed by atoms with Crippen molar-refractivity contribution in [3.05, 3.63) is 65.7 Å². The highest BCUT2D eigenvalue weighted by molar-refractivity contribution is 5.26. The molecule has 0 aliphatic heterocycles. The summed E-state index contributed by atoms with van der Waals surface area (Å²) in [6.07, 6.45) is -0.881. The van der Waals surface area contributed by atoms with Crippen molar-refractivity contribution in [2.24, 2.45) is 0 Å². The van der Waals surface area contributed by atoms with Crippen LogP contribution in [0.25, 0.3) is 0 Å². The summed E-state index contributed by atoms with van der Waals surface area (Å²) in [5.74, 6) is 0.825. The van der Waals surface area contributed by atoms with Gasteiger partial charge in [0.25, 0.3) is 0 Å². The van der Waals surface area contributed by atoms with Gasteiger partial charge in [-0.1, -0.05) is 42.5 Å². The monoisotopic (exact) mass is 272 g/mol. The van der Waals surface area contributed by atoms with Gasteiger partial charge in [-0.3, -0.25) is 0 Å². The Bertz CT molecular complexity index is 508. The number of rotatable bonds is 6. The summed E-state index contributed by atoms with van der Waals surface area (Å²) in [6.45, 7) is 2.34. The van der Waals surface area contributed by atoms with Gasteiger partial charge in [0, 0.05) is 0 Å². The molecular formula is C17H20O3. The maximum atomic E-state index is 10.2. The molecule has 0 saturated heterocycles. The van der Waals surface area contributed by atoms with Crippen LogP contribution >= 0.6 is 0 Å². The minimum atomic E-state index is -0.616. The molecule has 0 fully saturated rings. The number of ether oxygens (including phenoxy) is 2. The molecule has 2 atom stereocenters. The number of benzene rings is 2. The van der Waals surface area contributed by atoms with E-state index >= 15 is 0 Å². The van der Waals surface area contributed by atoms with E-state index in [-0.39, 0.29) is 6.10 Å². The van der Waals surface area contributed by atoms with Crippen LogP contribution in [0.15, 0.2) is 54.6 Å². The smallest absolute Gasteiger partial charge is 0.118 e. The Labute approximate surface area is 119 Å². The van der Waals surface area contributed by atoms with Gasteiger partial charge < -0.3 is 14.6 Å². The lowest BCUT2D eigenvalue weighted by molar-refractivity contribution is -0.0364. The van der Waals surface area contributed by atoms with Gasteiger partial charge in [0.05, 0.1) is 19.8 Å². The lowest BCUT2D eigenvalue weighted by Gasteiger charge is -2.20. The zero-order chi connectivity index (χ0) is 14.4. The Hall–Kier alpha value is -1.84. The molecule has 3 nitrogen and oxygen atoms in total. The lowest BCUT2D eigenvalue weighted by Crippen LogP contribution is -2.18. The van der Waals surface area contributed by atoms with Crippen LogP contribution in [0.2, 0.25) is 0 Å². The quantitative estimate of drug-likeness (QED) is 0.876. The average Bonchev–Trinajstić information content (AvgIpc) is 2.53. The number of hydrogen-bond donors (Lipinski definition) is 1. The van der Waals surface area contributed by atoms with Crippen molar-refractivity contribution >= 4 is 0 Å². The van der Waals surface area contributed by atoms with Crippen LogP contribution in [0, 0.1) is 0 Å². The molecule has 0 spiro atoms. The van der Waals surface area contributed by atoms with Gasteiger partial charge in [-0.2, -0.15) is 0 Å². The molecule has 0 unspecified atom stereocenters. The molecule has 20 heavy (non-hydrogen) atoms. The van der Waals surface area contributed by atoms with Crippen LogP contribution in [0.5, 0.6) is 5.75 Å². The highest BCUT2D eigenvalue weighted by atomic mass is 16.5. The molecule has 0 amide bonds. The van der Waals surface area contributed by atoms with Crippen molar-refractivity contribution < 1.29 is 14.6 Å². The SMILES string of the molecule is COc1ccc(CO[C@@H](C)[C@@H](O)c2ccccc2)cc1. The third kappa shape index (κ3) is 3.83. The van der Waals surface area contributed by atoms with Crippen molar-refractivity contribution in [3.63, 3.8) is 0 Å². The fourth-order valence-corrected chi connectivity index (χ4v) is 1.96. The van der Waals surface area contributed by atoms with Gasteiger partial charge >= 0.3 is 0 Å². The average molecular weight is 272 g/mol. The van der Waals surface area contributed by atoms with Crippen LogP contribution in [0.3, 0.4) is 0 Å². The molecule has 1 N–H and O–H groups in total. The van der Waals surface area contributed by atoms with Crippen molar-refractivity contribution in [3.8, 4) is 5.75 Å². The summed E-state index contributed by atoms with van der Waals surface area (Å²) in [4.78, 5) is 0. The summed E-state index contributed by atoms with van der Waals surface area (Å²) in [6, 6.07) is 17.3.